The first kappa shape index (κ1) is 22.7. The smallest absolute Gasteiger partial charge is 0.228 e. The van der Waals surface area contributed by atoms with Crippen LogP contribution in [0.25, 0.3) is 11.1 Å². The van der Waals surface area contributed by atoms with Gasteiger partial charge in [-0.25, -0.2) is 0 Å². The third-order valence-corrected chi connectivity index (χ3v) is 6.29. The summed E-state index contributed by atoms with van der Waals surface area (Å²) in [5, 5.41) is 3.11. The number of benzene rings is 2. The summed E-state index contributed by atoms with van der Waals surface area (Å²) in [5.74, 6) is 0.0722. The van der Waals surface area contributed by atoms with Crippen LogP contribution in [0.4, 0.5) is 0 Å². The monoisotopic (exact) mass is 441 g/mol. The highest BCUT2D eigenvalue weighted by molar-refractivity contribution is 5.86. The van der Waals surface area contributed by atoms with Gasteiger partial charge < -0.3 is 10.2 Å². The van der Waals surface area contributed by atoms with Gasteiger partial charge in [-0.05, 0) is 55.0 Å². The minimum absolute atomic E-state index is 0.0290. The van der Waals surface area contributed by atoms with E-state index in [0.717, 1.165) is 16.7 Å². The highest BCUT2D eigenvalue weighted by Crippen LogP contribution is 2.36. The highest BCUT2D eigenvalue weighted by Gasteiger charge is 2.46. The van der Waals surface area contributed by atoms with Crippen molar-refractivity contribution in [1.29, 1.82) is 0 Å². The van der Waals surface area contributed by atoms with Gasteiger partial charge in [0, 0.05) is 31.5 Å². The summed E-state index contributed by atoms with van der Waals surface area (Å²) in [5.41, 5.74) is 3.70. The van der Waals surface area contributed by atoms with Crippen LogP contribution in [0, 0.1) is 5.41 Å². The summed E-state index contributed by atoms with van der Waals surface area (Å²) in [4.78, 5) is 32.2. The maximum Gasteiger partial charge on any atom is 0.228 e. The lowest BCUT2D eigenvalue weighted by atomic mass is 9.79. The predicted molar refractivity (Wildman–Crippen MR) is 130 cm³/mol. The molecular weight excluding hydrogens is 410 g/mol. The summed E-state index contributed by atoms with van der Waals surface area (Å²) < 4.78 is 0. The first-order valence-corrected chi connectivity index (χ1v) is 11.6. The molecule has 0 aliphatic carbocycles. The van der Waals surface area contributed by atoms with E-state index in [1.54, 1.807) is 12.4 Å². The largest absolute Gasteiger partial charge is 0.353 e. The van der Waals surface area contributed by atoms with Gasteiger partial charge in [-0.2, -0.15) is 0 Å². The van der Waals surface area contributed by atoms with E-state index >= 15 is 0 Å². The molecule has 0 bridgehead atoms. The van der Waals surface area contributed by atoms with Crippen molar-refractivity contribution in [3.63, 3.8) is 0 Å². The summed E-state index contributed by atoms with van der Waals surface area (Å²) in [6, 6.07) is 22.5. The predicted octanol–water partition coefficient (Wildman–Crippen LogP) is 4.28. The molecule has 2 aromatic carbocycles. The van der Waals surface area contributed by atoms with Gasteiger partial charge in [0.05, 0.1) is 11.8 Å². The first-order valence-electron chi connectivity index (χ1n) is 11.6. The maximum atomic E-state index is 13.3. The van der Waals surface area contributed by atoms with Crippen LogP contribution < -0.4 is 5.32 Å². The number of aromatic nitrogens is 1. The van der Waals surface area contributed by atoms with Crippen molar-refractivity contribution in [3.05, 3.63) is 90.3 Å². The van der Waals surface area contributed by atoms with Crippen molar-refractivity contribution in [2.24, 2.45) is 5.41 Å². The molecule has 1 saturated heterocycles. The van der Waals surface area contributed by atoms with Crippen LogP contribution in [0.3, 0.4) is 0 Å². The molecule has 1 aliphatic rings. The van der Waals surface area contributed by atoms with Crippen LogP contribution >= 0.6 is 0 Å². The number of hydrogen-bond donors (Lipinski definition) is 1. The molecule has 1 atom stereocenters. The Balaban J connectivity index is 1.51. The van der Waals surface area contributed by atoms with E-state index in [4.69, 9.17) is 0 Å². The van der Waals surface area contributed by atoms with Crippen LogP contribution in [0.5, 0.6) is 0 Å². The molecule has 3 aromatic rings. The van der Waals surface area contributed by atoms with Gasteiger partial charge in [-0.1, -0.05) is 60.7 Å². The number of carbonyl (C=O) groups is 2. The average Bonchev–Trinajstić information content (AvgIpc) is 3.26. The van der Waals surface area contributed by atoms with E-state index in [-0.39, 0.29) is 17.9 Å². The van der Waals surface area contributed by atoms with Crippen molar-refractivity contribution >= 4 is 11.8 Å². The standard InChI is InChI=1S/C28H31N3O2/c1-21(2)30-27(33)28(14-16-31(20-28)26(32)17-23-7-6-15-29-19-23)18-22-10-12-25(13-11-22)24-8-4-3-5-9-24/h3-13,15,19,21H,14,16-18,20H2,1-2H3,(H,30,33). The lowest BCUT2D eigenvalue weighted by molar-refractivity contribution is -0.133. The summed E-state index contributed by atoms with van der Waals surface area (Å²) in [6.07, 6.45) is 5.00. The number of pyridine rings is 1. The van der Waals surface area contributed by atoms with E-state index in [1.165, 1.54) is 5.56 Å². The van der Waals surface area contributed by atoms with Crippen LogP contribution in [0.2, 0.25) is 0 Å². The highest BCUT2D eigenvalue weighted by atomic mass is 16.2. The van der Waals surface area contributed by atoms with Gasteiger partial charge in [0.1, 0.15) is 0 Å². The quantitative estimate of drug-likeness (QED) is 0.595. The van der Waals surface area contributed by atoms with Crippen molar-refractivity contribution in [2.45, 2.75) is 39.2 Å². The normalized spacial score (nSPS) is 17.8. The zero-order valence-electron chi connectivity index (χ0n) is 19.3. The number of hydrogen-bond acceptors (Lipinski definition) is 3. The lowest BCUT2D eigenvalue weighted by Crippen LogP contribution is -2.47. The topological polar surface area (TPSA) is 62.3 Å². The zero-order valence-corrected chi connectivity index (χ0v) is 19.3. The SMILES string of the molecule is CC(C)NC(=O)C1(Cc2ccc(-c3ccccc3)cc2)CCN(C(=O)Cc2cccnc2)C1. The number of amides is 2. The number of rotatable bonds is 7. The Morgan fingerprint density at radius 2 is 1.70 bits per heavy atom. The third kappa shape index (κ3) is 5.48. The minimum Gasteiger partial charge on any atom is -0.353 e. The molecule has 2 heterocycles. The van der Waals surface area contributed by atoms with Gasteiger partial charge in [0.25, 0.3) is 0 Å². The maximum absolute atomic E-state index is 13.3. The molecular formula is C28H31N3O2. The Morgan fingerprint density at radius 3 is 2.36 bits per heavy atom. The molecule has 0 spiro atoms. The van der Waals surface area contributed by atoms with E-state index in [9.17, 15) is 9.59 Å². The molecule has 1 unspecified atom stereocenters. The van der Waals surface area contributed by atoms with E-state index < -0.39 is 5.41 Å². The van der Waals surface area contributed by atoms with Crippen LogP contribution in [-0.4, -0.2) is 40.8 Å². The Bertz CT molecular complexity index is 1080. The molecule has 1 aromatic heterocycles. The summed E-state index contributed by atoms with van der Waals surface area (Å²) in [6.45, 7) is 4.97. The van der Waals surface area contributed by atoms with Gasteiger partial charge >= 0.3 is 0 Å². The van der Waals surface area contributed by atoms with Crippen molar-refractivity contribution in [2.75, 3.05) is 13.1 Å². The molecule has 1 aliphatic heterocycles. The number of nitrogens with zero attached hydrogens (tertiary/aromatic N) is 2. The summed E-state index contributed by atoms with van der Waals surface area (Å²) >= 11 is 0. The second-order valence-corrected chi connectivity index (χ2v) is 9.25. The number of nitrogens with one attached hydrogen (secondary N) is 1. The molecule has 2 amide bonds. The van der Waals surface area contributed by atoms with Gasteiger partial charge in [-0.3, -0.25) is 14.6 Å². The third-order valence-electron chi connectivity index (χ3n) is 6.29. The molecule has 0 radical (unpaired) electrons. The second-order valence-electron chi connectivity index (χ2n) is 9.25. The van der Waals surface area contributed by atoms with Crippen LogP contribution in [0.1, 0.15) is 31.4 Å². The zero-order chi connectivity index (χ0) is 23.3. The molecule has 4 rings (SSSR count). The fourth-order valence-corrected chi connectivity index (χ4v) is 4.54. The van der Waals surface area contributed by atoms with Crippen LogP contribution in [-0.2, 0) is 22.4 Å². The van der Waals surface area contributed by atoms with Crippen molar-refractivity contribution in [1.82, 2.24) is 15.2 Å². The Labute approximate surface area is 195 Å². The lowest BCUT2D eigenvalue weighted by Gasteiger charge is -2.29. The number of carbonyl (C=O) groups excluding carboxylic acids is 2. The van der Waals surface area contributed by atoms with Gasteiger partial charge in [0.15, 0.2) is 0 Å². The van der Waals surface area contributed by atoms with E-state index in [2.05, 4.69) is 46.7 Å². The average molecular weight is 442 g/mol. The molecule has 170 valence electrons. The van der Waals surface area contributed by atoms with E-state index in [1.807, 2.05) is 49.1 Å². The van der Waals surface area contributed by atoms with Gasteiger partial charge in [0.2, 0.25) is 11.8 Å². The molecule has 0 saturated carbocycles. The van der Waals surface area contributed by atoms with Gasteiger partial charge in [-0.15, -0.1) is 0 Å². The fraction of sp³-hybridized carbons (Fsp3) is 0.321. The Hall–Kier alpha value is -3.47. The molecule has 1 fully saturated rings. The second kappa shape index (κ2) is 9.99. The molecule has 5 heteroatoms. The number of likely N-dealkylation sites (tertiary alicyclic amines) is 1. The molecule has 1 N–H and O–H groups in total. The van der Waals surface area contributed by atoms with Crippen molar-refractivity contribution < 1.29 is 9.59 Å². The molecule has 5 nitrogen and oxygen atoms in total. The Morgan fingerprint density at radius 1 is 0.970 bits per heavy atom. The minimum atomic E-state index is -0.622. The molecule has 33 heavy (non-hydrogen) atoms. The van der Waals surface area contributed by atoms with E-state index in [0.29, 0.717) is 32.4 Å². The summed E-state index contributed by atoms with van der Waals surface area (Å²) in [7, 11) is 0. The first-order chi connectivity index (χ1) is 15.9. The van der Waals surface area contributed by atoms with Crippen molar-refractivity contribution in [3.8, 4) is 11.1 Å². The fourth-order valence-electron chi connectivity index (χ4n) is 4.54. The van der Waals surface area contributed by atoms with Crippen LogP contribution in [0.15, 0.2) is 79.1 Å². The Kier molecular flexibility index (Phi) is 6.87.